The maximum atomic E-state index is 12.5. The molecule has 0 unspecified atom stereocenters. The van der Waals surface area contributed by atoms with Gasteiger partial charge in [-0.3, -0.25) is 0 Å². The summed E-state index contributed by atoms with van der Waals surface area (Å²) in [7, 11) is 26.2. The van der Waals surface area contributed by atoms with E-state index in [0.717, 1.165) is 26.2 Å². The quantitative estimate of drug-likeness (QED) is 0.0768. The van der Waals surface area contributed by atoms with Crippen molar-refractivity contribution in [3.63, 3.8) is 0 Å². The Hall–Kier alpha value is -3.85. The van der Waals surface area contributed by atoms with Crippen molar-refractivity contribution in [3.8, 4) is 11.5 Å². The monoisotopic (exact) mass is 1230 g/mol. The van der Waals surface area contributed by atoms with Crippen molar-refractivity contribution in [2.24, 2.45) is 0 Å². The summed E-state index contributed by atoms with van der Waals surface area (Å²) in [6.45, 7) is 36.1. The van der Waals surface area contributed by atoms with Crippen LogP contribution in [0.3, 0.4) is 0 Å². The summed E-state index contributed by atoms with van der Waals surface area (Å²) in [5, 5.41) is 5.15. The van der Waals surface area contributed by atoms with Crippen LogP contribution in [-0.2, 0) is 36.6 Å². The van der Waals surface area contributed by atoms with Gasteiger partial charge in [0.2, 0.25) is 0 Å². The molecule has 0 atom stereocenters. The molecule has 0 aliphatic carbocycles. The molecule has 72 heavy (non-hydrogen) atoms. The van der Waals surface area contributed by atoms with Crippen LogP contribution in [0.2, 0.25) is 0 Å². The maximum absolute atomic E-state index is 12.5. The molecule has 2 N–H and O–H groups in total. The number of nitrogens with zero attached hydrogens (tertiary/aromatic N) is 4. The van der Waals surface area contributed by atoms with E-state index in [1.54, 1.807) is 45.6 Å². The van der Waals surface area contributed by atoms with Crippen LogP contribution >= 0.6 is 38.8 Å². The predicted octanol–water partition coefficient (Wildman–Crippen LogP) is 13.5. The van der Waals surface area contributed by atoms with E-state index in [9.17, 15) is 9.59 Å². The number of hydrogen-bond donors (Lipinski definition) is 2. The van der Waals surface area contributed by atoms with Crippen molar-refractivity contribution in [2.75, 3.05) is 58.6 Å². The molecular formula is C56H70Cl4N6O4Ru2-2. The molecule has 7 rings (SSSR count). The summed E-state index contributed by atoms with van der Waals surface area (Å²) < 4.78 is 14.9. The van der Waals surface area contributed by atoms with Gasteiger partial charge in [0.05, 0.1) is 0 Å². The fourth-order valence-corrected chi connectivity index (χ4v) is 12.7. The fourth-order valence-electron chi connectivity index (χ4n) is 9.18. The number of aryl methyl sites for hydroxylation is 9. The normalized spacial score (nSPS) is 13.8. The standard InChI is InChI=1S/C22H24N2O4.C21H27N2.C13H19N2.4ClH.2Ru/c1-13(2)27-19-9-7-17(11-15(19)5)23-21(25)22(26)24-18-8-10-20(16(6)12-18)28-14(3)4;1-14-9-16(3)20(17(4)10-14)22-7-8-23(13-22)21-18(5)11-15(2)12-19(21)6;1-10-7-11(2)13(12(3)8-10)15-6-5-14(4)9-15;;;;;;/h5-14H,1-4H3,(H,23,25)(H,24,26);9-13H,7-8H2,1-6H3;7-9H,5-6H2,1-4H3;4*1H;;/q;2*-1;;;;;2*+2/p-4. The summed E-state index contributed by atoms with van der Waals surface area (Å²) in [5.41, 5.74) is 18.4. The van der Waals surface area contributed by atoms with Crippen LogP contribution in [0.15, 0.2) is 72.8 Å². The minimum absolute atomic E-state index is 0.0558. The van der Waals surface area contributed by atoms with Gasteiger partial charge in [0.25, 0.3) is 0 Å². The topological polar surface area (TPSA) is 89.6 Å². The number of benzene rings is 5. The number of carbonyl (C=O) groups excluding carboxylic acids is 2. The van der Waals surface area contributed by atoms with Crippen molar-refractivity contribution in [1.29, 1.82) is 0 Å². The average molecular weight is 1240 g/mol. The zero-order valence-corrected chi connectivity index (χ0v) is 50.4. The molecule has 394 valence electrons. The molecule has 2 aliphatic rings. The van der Waals surface area contributed by atoms with Crippen molar-refractivity contribution in [3.05, 3.63) is 147 Å². The van der Waals surface area contributed by atoms with Gasteiger partial charge in [-0.15, -0.1) is 0 Å². The van der Waals surface area contributed by atoms with Crippen molar-refractivity contribution in [2.45, 2.75) is 102 Å². The van der Waals surface area contributed by atoms with E-state index >= 15 is 0 Å². The third-order valence-electron chi connectivity index (χ3n) is 11.5. The molecule has 0 aromatic heterocycles. The van der Waals surface area contributed by atoms with Crippen LogP contribution in [-0.4, -0.2) is 71.4 Å². The Labute approximate surface area is 455 Å². The van der Waals surface area contributed by atoms with Gasteiger partial charge in [-0.2, -0.15) is 13.3 Å². The van der Waals surface area contributed by atoms with Gasteiger partial charge in [0, 0.05) is 36.7 Å². The zero-order chi connectivity index (χ0) is 53.1. The van der Waals surface area contributed by atoms with Gasteiger partial charge < -0.3 is 19.6 Å². The number of halogens is 4. The predicted molar refractivity (Wildman–Crippen MR) is 301 cm³/mol. The first kappa shape index (κ1) is 59.0. The van der Waals surface area contributed by atoms with Crippen LogP contribution < -0.4 is 34.8 Å². The summed E-state index contributed by atoms with van der Waals surface area (Å²) in [6, 6.07) is 23.6. The molecule has 2 saturated heterocycles. The molecule has 10 nitrogen and oxygen atoms in total. The Bertz CT molecular complexity index is 2590. The van der Waals surface area contributed by atoms with E-state index in [1.165, 1.54) is 67.1 Å². The second-order valence-corrected chi connectivity index (χ2v) is 30.3. The molecule has 0 spiro atoms. The third kappa shape index (κ3) is 17.1. The molecular weight excluding hydrogens is 1160 g/mol. The van der Waals surface area contributed by atoms with E-state index in [-0.39, 0.29) is 12.2 Å². The Morgan fingerprint density at radius 1 is 0.514 bits per heavy atom. The molecule has 2 fully saturated rings. The molecule has 2 heterocycles. The average Bonchev–Trinajstić information content (AvgIpc) is 3.90. The SMILES string of the molecule is CC(C)Oc1ccc(NC(=O)C(=O)Nc2ccc(OC(C)C)c([CH]=[Ru]([Cl])[Cl])c2)cc1[CH]=[Ru]([Cl])[Cl].Cc1cc(C)c(N2[CH-]N(C)CC2)c(C)c1.Cc1cc(C)c(N2[CH-]N(c3c(C)cc(C)cc3C)CC2)c(C)c1. The van der Waals surface area contributed by atoms with Crippen LogP contribution in [0, 0.1) is 75.7 Å². The summed E-state index contributed by atoms with van der Waals surface area (Å²) in [4.78, 5) is 34.4. The Balaban J connectivity index is 0.000000217. The van der Waals surface area contributed by atoms with Crippen LogP contribution in [0.1, 0.15) is 88.9 Å². The molecule has 0 saturated carbocycles. The second kappa shape index (κ2) is 27.1. The first-order valence-corrected chi connectivity index (χ1v) is 34.7. The summed E-state index contributed by atoms with van der Waals surface area (Å²) in [5.74, 6) is -0.509. The number of likely N-dealkylation sites (N-methyl/N-ethyl adjacent to an activating group) is 1. The molecule has 16 heteroatoms. The van der Waals surface area contributed by atoms with Crippen LogP contribution in [0.5, 0.6) is 11.5 Å². The van der Waals surface area contributed by atoms with Crippen LogP contribution in [0.4, 0.5) is 28.4 Å². The van der Waals surface area contributed by atoms with Gasteiger partial charge in [-0.1, -0.05) is 53.1 Å². The van der Waals surface area contributed by atoms with Crippen LogP contribution in [0.25, 0.3) is 0 Å². The molecule has 2 aliphatic heterocycles. The number of anilines is 5. The Kier molecular flexibility index (Phi) is 22.2. The number of hydrogen-bond acceptors (Lipinski definition) is 8. The molecule has 2 amide bonds. The minimum atomic E-state index is -2.15. The van der Waals surface area contributed by atoms with Gasteiger partial charge in [-0.25, -0.2) is 0 Å². The van der Waals surface area contributed by atoms with E-state index in [0.29, 0.717) is 34.0 Å². The first-order valence-electron chi connectivity index (χ1n) is 23.7. The van der Waals surface area contributed by atoms with Crippen molar-refractivity contribution >= 4 is 88.2 Å². The summed E-state index contributed by atoms with van der Waals surface area (Å²) in [6.07, 6.45) is -0.112. The second-order valence-electron chi connectivity index (χ2n) is 18.9. The summed E-state index contributed by atoms with van der Waals surface area (Å²) >= 11 is -4.29. The van der Waals surface area contributed by atoms with E-state index in [2.05, 4.69) is 149 Å². The molecule has 0 radical (unpaired) electrons. The van der Waals surface area contributed by atoms with Gasteiger partial charge in [0.1, 0.15) is 0 Å². The number of ether oxygens (including phenoxy) is 2. The first-order chi connectivity index (χ1) is 33.9. The Morgan fingerprint density at radius 2 is 0.819 bits per heavy atom. The molecule has 0 bridgehead atoms. The molecule has 5 aromatic rings. The Morgan fingerprint density at radius 3 is 1.10 bits per heavy atom. The largest absolute Gasteiger partial charge is 0.507 e. The number of rotatable bonds is 11. The minimum Gasteiger partial charge on any atom is -0.507 e. The maximum Gasteiger partial charge on any atom is 0.0146 e. The fraction of sp³-hybridized carbons (Fsp3) is 0.357. The van der Waals surface area contributed by atoms with Crippen molar-refractivity contribution in [1.82, 2.24) is 4.90 Å². The zero-order valence-electron chi connectivity index (χ0n) is 43.9. The van der Waals surface area contributed by atoms with Gasteiger partial charge >= 0.3 is 227 Å². The van der Waals surface area contributed by atoms with Crippen molar-refractivity contribution < 1.29 is 46.1 Å². The van der Waals surface area contributed by atoms with E-state index in [4.69, 9.17) is 48.2 Å². The van der Waals surface area contributed by atoms with E-state index < -0.39 is 38.9 Å². The van der Waals surface area contributed by atoms with Gasteiger partial charge in [0.15, 0.2) is 0 Å². The number of amides is 2. The molecule has 5 aromatic carbocycles. The smallest absolute Gasteiger partial charge is 0.0146 e. The van der Waals surface area contributed by atoms with E-state index in [1.807, 2.05) is 27.7 Å². The number of carbonyl (C=O) groups is 2. The van der Waals surface area contributed by atoms with Gasteiger partial charge in [-0.05, 0) is 109 Å². The number of nitrogens with one attached hydrogen (secondary N) is 2. The third-order valence-corrected chi connectivity index (χ3v) is 15.2.